The minimum Gasteiger partial charge on any atom is -0.370 e. The van der Waals surface area contributed by atoms with Gasteiger partial charge in [-0.2, -0.15) is 13.2 Å². The third-order valence-electron chi connectivity index (χ3n) is 1.93. The molecule has 12 heavy (non-hydrogen) atoms. The average Bonchev–Trinajstić information content (AvgIpc) is 2.03. The summed E-state index contributed by atoms with van der Waals surface area (Å²) in [5.74, 6) is -1.39. The van der Waals surface area contributed by atoms with E-state index in [0.717, 1.165) is 0 Å². The molecule has 1 aliphatic rings. The molecule has 1 saturated heterocycles. The monoisotopic (exact) mass is 182 g/mol. The Morgan fingerprint density at radius 3 is 2.33 bits per heavy atom. The highest BCUT2D eigenvalue weighted by atomic mass is 19.4. The predicted molar refractivity (Wildman–Crippen MR) is 34.6 cm³/mol. The molecule has 0 amide bonds. The topological polar surface area (TPSA) is 26.3 Å². The SMILES string of the molecule is O=C[C@@H]1CC[C@@H](C(F)(F)F)CO1. The van der Waals surface area contributed by atoms with Gasteiger partial charge >= 0.3 is 6.18 Å². The molecule has 1 heterocycles. The van der Waals surface area contributed by atoms with Gasteiger partial charge in [-0.05, 0) is 12.8 Å². The molecule has 0 saturated carbocycles. The van der Waals surface area contributed by atoms with E-state index in [0.29, 0.717) is 6.29 Å². The lowest BCUT2D eigenvalue weighted by Crippen LogP contribution is -2.35. The predicted octanol–water partition coefficient (Wildman–Crippen LogP) is 1.54. The van der Waals surface area contributed by atoms with Gasteiger partial charge < -0.3 is 9.53 Å². The summed E-state index contributed by atoms with van der Waals surface area (Å²) in [6.45, 7) is -0.382. The Labute approximate surface area is 67.7 Å². The van der Waals surface area contributed by atoms with Crippen molar-refractivity contribution in [2.75, 3.05) is 6.61 Å². The third kappa shape index (κ3) is 2.20. The van der Waals surface area contributed by atoms with Crippen molar-refractivity contribution in [1.29, 1.82) is 0 Å². The van der Waals surface area contributed by atoms with Crippen LogP contribution in [-0.2, 0) is 9.53 Å². The molecule has 1 fully saturated rings. The molecule has 0 aromatic carbocycles. The number of carbonyl (C=O) groups excluding carboxylic acids is 1. The Morgan fingerprint density at radius 1 is 1.33 bits per heavy atom. The highest BCUT2D eigenvalue weighted by Gasteiger charge is 2.41. The molecule has 0 aromatic heterocycles. The number of carbonyl (C=O) groups is 1. The third-order valence-corrected chi connectivity index (χ3v) is 1.93. The van der Waals surface area contributed by atoms with Crippen LogP contribution in [0.15, 0.2) is 0 Å². The second kappa shape index (κ2) is 3.43. The van der Waals surface area contributed by atoms with Crippen LogP contribution < -0.4 is 0 Å². The van der Waals surface area contributed by atoms with Crippen molar-refractivity contribution in [2.45, 2.75) is 25.1 Å². The molecule has 5 heteroatoms. The molecule has 1 aliphatic heterocycles. The van der Waals surface area contributed by atoms with Gasteiger partial charge in [0, 0.05) is 0 Å². The van der Waals surface area contributed by atoms with Crippen molar-refractivity contribution in [3.05, 3.63) is 0 Å². The van der Waals surface area contributed by atoms with E-state index in [4.69, 9.17) is 0 Å². The average molecular weight is 182 g/mol. The Balaban J connectivity index is 2.41. The smallest absolute Gasteiger partial charge is 0.370 e. The lowest BCUT2D eigenvalue weighted by atomic mass is 9.98. The van der Waals surface area contributed by atoms with Gasteiger partial charge in [0.05, 0.1) is 12.5 Å². The van der Waals surface area contributed by atoms with Crippen LogP contribution in [0.4, 0.5) is 13.2 Å². The first-order valence-corrected chi connectivity index (χ1v) is 3.67. The first kappa shape index (κ1) is 9.51. The maximum atomic E-state index is 12.0. The lowest BCUT2D eigenvalue weighted by molar-refractivity contribution is -0.206. The fourth-order valence-corrected chi connectivity index (χ4v) is 1.14. The van der Waals surface area contributed by atoms with Crippen LogP contribution in [0.25, 0.3) is 0 Å². The first-order valence-electron chi connectivity index (χ1n) is 3.67. The highest BCUT2D eigenvalue weighted by molar-refractivity contribution is 5.56. The number of ether oxygens (including phenoxy) is 1. The van der Waals surface area contributed by atoms with Crippen LogP contribution >= 0.6 is 0 Å². The van der Waals surface area contributed by atoms with Gasteiger partial charge in [0.25, 0.3) is 0 Å². The van der Waals surface area contributed by atoms with E-state index in [9.17, 15) is 18.0 Å². The zero-order valence-electron chi connectivity index (χ0n) is 6.30. The van der Waals surface area contributed by atoms with Crippen LogP contribution in [0.3, 0.4) is 0 Å². The quantitative estimate of drug-likeness (QED) is 0.575. The Kier molecular flexibility index (Phi) is 2.72. The summed E-state index contributed by atoms with van der Waals surface area (Å²) in [7, 11) is 0. The van der Waals surface area contributed by atoms with E-state index in [-0.39, 0.29) is 19.4 Å². The van der Waals surface area contributed by atoms with E-state index in [1.165, 1.54) is 0 Å². The minimum absolute atomic E-state index is 0.00704. The van der Waals surface area contributed by atoms with Gasteiger partial charge in [-0.1, -0.05) is 0 Å². The second-order valence-corrected chi connectivity index (χ2v) is 2.82. The summed E-state index contributed by atoms with van der Waals surface area (Å²) in [5.41, 5.74) is 0. The molecule has 0 unspecified atom stereocenters. The van der Waals surface area contributed by atoms with Gasteiger partial charge in [-0.3, -0.25) is 0 Å². The van der Waals surface area contributed by atoms with Crippen molar-refractivity contribution < 1.29 is 22.7 Å². The summed E-state index contributed by atoms with van der Waals surface area (Å²) >= 11 is 0. The molecule has 2 nitrogen and oxygen atoms in total. The summed E-state index contributed by atoms with van der Waals surface area (Å²) in [6.07, 6.45) is -4.11. The molecule has 0 aliphatic carbocycles. The van der Waals surface area contributed by atoms with Gasteiger partial charge in [0.15, 0.2) is 0 Å². The Bertz CT molecular complexity index is 159. The standard InChI is InChI=1S/C7H9F3O2/c8-7(9,10)5-1-2-6(3-11)12-4-5/h3,5-6H,1-2,4H2/t5-,6+/m1/s1. The molecule has 0 bridgehead atoms. The number of alkyl halides is 3. The normalized spacial score (nSPS) is 31.6. The summed E-state index contributed by atoms with van der Waals surface area (Å²) in [6, 6.07) is 0. The molecular formula is C7H9F3O2. The van der Waals surface area contributed by atoms with Gasteiger partial charge in [-0.15, -0.1) is 0 Å². The van der Waals surface area contributed by atoms with E-state index in [1.807, 2.05) is 0 Å². The molecule has 0 N–H and O–H groups in total. The van der Waals surface area contributed by atoms with Crippen molar-refractivity contribution in [2.24, 2.45) is 5.92 Å². The van der Waals surface area contributed by atoms with Gasteiger partial charge in [0.2, 0.25) is 0 Å². The number of hydrogen-bond acceptors (Lipinski definition) is 2. The number of halogens is 3. The molecule has 70 valence electrons. The number of rotatable bonds is 1. The van der Waals surface area contributed by atoms with E-state index in [1.54, 1.807) is 0 Å². The van der Waals surface area contributed by atoms with Crippen LogP contribution in [0.2, 0.25) is 0 Å². The van der Waals surface area contributed by atoms with E-state index in [2.05, 4.69) is 4.74 Å². The van der Waals surface area contributed by atoms with Crippen LogP contribution in [0.1, 0.15) is 12.8 Å². The second-order valence-electron chi connectivity index (χ2n) is 2.82. The van der Waals surface area contributed by atoms with Crippen molar-refractivity contribution >= 4 is 6.29 Å². The maximum absolute atomic E-state index is 12.0. The van der Waals surface area contributed by atoms with Crippen molar-refractivity contribution in [1.82, 2.24) is 0 Å². The van der Waals surface area contributed by atoms with Crippen molar-refractivity contribution in [3.63, 3.8) is 0 Å². The summed E-state index contributed by atoms with van der Waals surface area (Å²) in [4.78, 5) is 10.1. The molecule has 2 atom stereocenters. The largest absolute Gasteiger partial charge is 0.394 e. The van der Waals surface area contributed by atoms with E-state index < -0.39 is 18.2 Å². The van der Waals surface area contributed by atoms with E-state index >= 15 is 0 Å². The zero-order chi connectivity index (χ0) is 9.19. The fraction of sp³-hybridized carbons (Fsp3) is 0.857. The molecule has 0 spiro atoms. The fourth-order valence-electron chi connectivity index (χ4n) is 1.14. The zero-order valence-corrected chi connectivity index (χ0v) is 6.30. The minimum atomic E-state index is -4.19. The first-order chi connectivity index (χ1) is 5.54. The summed E-state index contributed by atoms with van der Waals surface area (Å²) < 4.78 is 40.7. The van der Waals surface area contributed by atoms with Gasteiger partial charge in [0.1, 0.15) is 12.4 Å². The highest BCUT2D eigenvalue weighted by Crippen LogP contribution is 2.33. The molecular weight excluding hydrogens is 173 g/mol. The van der Waals surface area contributed by atoms with Crippen LogP contribution in [0.5, 0.6) is 0 Å². The Morgan fingerprint density at radius 2 is 2.00 bits per heavy atom. The number of aldehydes is 1. The molecule has 0 aromatic rings. The van der Waals surface area contributed by atoms with Crippen molar-refractivity contribution in [3.8, 4) is 0 Å². The maximum Gasteiger partial charge on any atom is 0.394 e. The van der Waals surface area contributed by atoms with Crippen LogP contribution in [-0.4, -0.2) is 25.2 Å². The van der Waals surface area contributed by atoms with Gasteiger partial charge in [-0.25, -0.2) is 0 Å². The molecule has 0 radical (unpaired) electrons. The molecule has 1 rings (SSSR count). The Hall–Kier alpha value is -0.580. The lowest BCUT2D eigenvalue weighted by Gasteiger charge is -2.27. The summed E-state index contributed by atoms with van der Waals surface area (Å²) in [5, 5.41) is 0. The number of hydrogen-bond donors (Lipinski definition) is 0. The van der Waals surface area contributed by atoms with Crippen LogP contribution in [0, 0.1) is 5.92 Å².